The van der Waals surface area contributed by atoms with Crippen molar-refractivity contribution in [2.75, 3.05) is 0 Å². The first-order valence-electron chi connectivity index (χ1n) is 5.87. The molecule has 1 aliphatic carbocycles. The number of hydrogen-bond donors (Lipinski definition) is 0. The molecular weight excluding hydrogens is 271 g/mol. The Morgan fingerprint density at radius 3 is 2.19 bits per heavy atom. The van der Waals surface area contributed by atoms with E-state index in [2.05, 4.69) is 51.7 Å². The molecule has 86 valence electrons. The quantitative estimate of drug-likeness (QED) is 0.638. The van der Waals surface area contributed by atoms with Crippen LogP contribution in [0.5, 0.6) is 0 Å². The average Bonchev–Trinajstić information content (AvgIpc) is 2.71. The smallest absolute Gasteiger partial charge is 0.0169 e. The summed E-state index contributed by atoms with van der Waals surface area (Å²) in [7, 11) is 0. The summed E-state index contributed by atoms with van der Waals surface area (Å²) in [5, 5.41) is 0. The van der Waals surface area contributed by atoms with Crippen LogP contribution < -0.4 is 0 Å². The van der Waals surface area contributed by atoms with E-state index < -0.39 is 0 Å². The zero-order valence-electron chi connectivity index (χ0n) is 10.7. The summed E-state index contributed by atoms with van der Waals surface area (Å²) in [5.74, 6) is 0.522. The first-order chi connectivity index (χ1) is 7.16. The summed E-state index contributed by atoms with van der Waals surface area (Å²) >= 11 is 0. The van der Waals surface area contributed by atoms with E-state index in [-0.39, 0.29) is 26.2 Å². The van der Waals surface area contributed by atoms with Crippen LogP contribution in [-0.2, 0) is 26.2 Å². The van der Waals surface area contributed by atoms with Crippen LogP contribution in [0.4, 0.5) is 0 Å². The Morgan fingerprint density at radius 2 is 1.75 bits per heavy atom. The summed E-state index contributed by atoms with van der Waals surface area (Å²) in [6, 6.07) is 0. The SMILES string of the molecule is C=C(C)C(C)=C(CCCC)C1C=CC=C1.[Zr]. The van der Waals surface area contributed by atoms with E-state index in [9.17, 15) is 0 Å². The maximum absolute atomic E-state index is 4.05. The number of unbranched alkanes of at least 4 members (excludes halogenated alkanes) is 1. The molecule has 0 bridgehead atoms. The molecule has 0 aliphatic heterocycles. The standard InChI is InChI=1S/C15H22.Zr/c1-5-6-11-15(13(4)12(2)3)14-9-7-8-10-14;/h7-10,14H,2,5-6,11H2,1,3-4H3;. The van der Waals surface area contributed by atoms with Crippen LogP contribution in [0, 0.1) is 5.92 Å². The van der Waals surface area contributed by atoms with Crippen LogP contribution in [-0.4, -0.2) is 0 Å². The number of rotatable bonds is 5. The van der Waals surface area contributed by atoms with Gasteiger partial charge in [-0.15, -0.1) is 0 Å². The van der Waals surface area contributed by atoms with Crippen molar-refractivity contribution < 1.29 is 26.2 Å². The van der Waals surface area contributed by atoms with E-state index in [1.165, 1.54) is 30.4 Å². The largest absolute Gasteiger partial charge is 0.0958 e. The van der Waals surface area contributed by atoms with E-state index >= 15 is 0 Å². The third-order valence-corrected chi connectivity index (χ3v) is 3.07. The van der Waals surface area contributed by atoms with E-state index in [1.54, 1.807) is 5.57 Å². The fraction of sp³-hybridized carbons (Fsp3) is 0.467. The summed E-state index contributed by atoms with van der Waals surface area (Å²) in [6.07, 6.45) is 12.6. The van der Waals surface area contributed by atoms with E-state index in [0.29, 0.717) is 5.92 Å². The molecule has 0 N–H and O–H groups in total. The van der Waals surface area contributed by atoms with Crippen molar-refractivity contribution >= 4 is 0 Å². The van der Waals surface area contributed by atoms with E-state index in [4.69, 9.17) is 0 Å². The molecule has 0 saturated carbocycles. The van der Waals surface area contributed by atoms with Crippen LogP contribution in [0.15, 0.2) is 47.6 Å². The summed E-state index contributed by atoms with van der Waals surface area (Å²) in [4.78, 5) is 0. The average molecular weight is 294 g/mol. The van der Waals surface area contributed by atoms with E-state index in [1.807, 2.05) is 0 Å². The second kappa shape index (κ2) is 8.01. The van der Waals surface area contributed by atoms with Crippen LogP contribution in [0.1, 0.15) is 40.0 Å². The normalized spacial score (nSPS) is 15.9. The maximum atomic E-state index is 4.05. The molecule has 0 heterocycles. The minimum Gasteiger partial charge on any atom is -0.0958 e. The zero-order valence-corrected chi connectivity index (χ0v) is 13.2. The van der Waals surface area contributed by atoms with Gasteiger partial charge in [0.1, 0.15) is 0 Å². The molecule has 0 unspecified atom stereocenters. The Bertz CT molecular complexity index is 306. The van der Waals surface area contributed by atoms with Gasteiger partial charge in [0.2, 0.25) is 0 Å². The Balaban J connectivity index is 0.00000225. The minimum absolute atomic E-state index is 0. The molecule has 1 rings (SSSR count). The first kappa shape index (κ1) is 15.8. The monoisotopic (exact) mass is 292 g/mol. The van der Waals surface area contributed by atoms with Gasteiger partial charge in [-0.25, -0.2) is 0 Å². The minimum atomic E-state index is 0. The summed E-state index contributed by atoms with van der Waals surface area (Å²) < 4.78 is 0. The molecular formula is C15H22Zr. The van der Waals surface area contributed by atoms with Gasteiger partial charge in [-0.3, -0.25) is 0 Å². The van der Waals surface area contributed by atoms with Gasteiger partial charge >= 0.3 is 0 Å². The van der Waals surface area contributed by atoms with Gasteiger partial charge in [0.05, 0.1) is 0 Å². The van der Waals surface area contributed by atoms with Gasteiger partial charge < -0.3 is 0 Å². The molecule has 0 nitrogen and oxygen atoms in total. The first-order valence-corrected chi connectivity index (χ1v) is 5.87. The van der Waals surface area contributed by atoms with Crippen molar-refractivity contribution in [2.24, 2.45) is 5.92 Å². The number of hydrogen-bond acceptors (Lipinski definition) is 0. The topological polar surface area (TPSA) is 0 Å². The fourth-order valence-corrected chi connectivity index (χ4v) is 1.91. The van der Waals surface area contributed by atoms with Crippen LogP contribution in [0.25, 0.3) is 0 Å². The van der Waals surface area contributed by atoms with Gasteiger partial charge in [0.15, 0.2) is 0 Å². The summed E-state index contributed by atoms with van der Waals surface area (Å²) in [6.45, 7) is 10.6. The van der Waals surface area contributed by atoms with Crippen molar-refractivity contribution in [3.05, 3.63) is 47.6 Å². The molecule has 0 aromatic heterocycles. The molecule has 0 saturated heterocycles. The Labute approximate surface area is 119 Å². The van der Waals surface area contributed by atoms with Gasteiger partial charge in [0, 0.05) is 32.1 Å². The van der Waals surface area contributed by atoms with Crippen LogP contribution >= 0.6 is 0 Å². The Morgan fingerprint density at radius 1 is 1.19 bits per heavy atom. The molecule has 16 heavy (non-hydrogen) atoms. The predicted molar refractivity (Wildman–Crippen MR) is 68.8 cm³/mol. The van der Waals surface area contributed by atoms with Gasteiger partial charge in [-0.2, -0.15) is 0 Å². The van der Waals surface area contributed by atoms with Crippen LogP contribution in [0.3, 0.4) is 0 Å². The second-order valence-electron chi connectivity index (χ2n) is 4.33. The zero-order chi connectivity index (χ0) is 11.3. The van der Waals surface area contributed by atoms with Gasteiger partial charge in [-0.1, -0.05) is 55.4 Å². The molecule has 0 aromatic carbocycles. The van der Waals surface area contributed by atoms with Gasteiger partial charge in [0.25, 0.3) is 0 Å². The van der Waals surface area contributed by atoms with Crippen molar-refractivity contribution in [2.45, 2.75) is 40.0 Å². The van der Waals surface area contributed by atoms with E-state index in [0.717, 1.165) is 0 Å². The molecule has 0 atom stereocenters. The molecule has 1 aliphatic rings. The molecule has 0 spiro atoms. The third-order valence-electron chi connectivity index (χ3n) is 3.07. The molecule has 0 aromatic rings. The molecule has 1 heteroatoms. The van der Waals surface area contributed by atoms with Crippen molar-refractivity contribution in [1.29, 1.82) is 0 Å². The third kappa shape index (κ3) is 4.38. The predicted octanol–water partition coefficient (Wildman–Crippen LogP) is 4.81. The Hall–Kier alpha value is -0.157. The van der Waals surface area contributed by atoms with Crippen molar-refractivity contribution in [1.82, 2.24) is 0 Å². The Kier molecular flexibility index (Phi) is 7.93. The fourth-order valence-electron chi connectivity index (χ4n) is 1.91. The molecule has 0 radical (unpaired) electrons. The van der Waals surface area contributed by atoms with Crippen molar-refractivity contribution in [3.8, 4) is 0 Å². The number of allylic oxidation sites excluding steroid dienone is 7. The van der Waals surface area contributed by atoms with Crippen molar-refractivity contribution in [3.63, 3.8) is 0 Å². The van der Waals surface area contributed by atoms with Gasteiger partial charge in [-0.05, 0) is 32.3 Å². The molecule has 0 fully saturated rings. The maximum Gasteiger partial charge on any atom is 0.0169 e. The van der Waals surface area contributed by atoms with Crippen LogP contribution in [0.2, 0.25) is 0 Å². The second-order valence-corrected chi connectivity index (χ2v) is 4.33. The molecule has 0 amide bonds. The summed E-state index contributed by atoms with van der Waals surface area (Å²) in [5.41, 5.74) is 4.15.